The highest BCUT2D eigenvalue weighted by Crippen LogP contribution is 2.38. The number of rotatable bonds is 7. The lowest BCUT2D eigenvalue weighted by molar-refractivity contribution is 0.0588. The van der Waals surface area contributed by atoms with Gasteiger partial charge in [0.05, 0.1) is 25.3 Å². The Balaban J connectivity index is 2.01. The molecule has 0 aliphatic carbocycles. The van der Waals surface area contributed by atoms with E-state index in [0.29, 0.717) is 26.5 Å². The van der Waals surface area contributed by atoms with Gasteiger partial charge in [-0.2, -0.15) is 0 Å². The third kappa shape index (κ3) is 5.48. The van der Waals surface area contributed by atoms with Gasteiger partial charge in [-0.3, -0.25) is 4.79 Å². The summed E-state index contributed by atoms with van der Waals surface area (Å²) in [5.74, 6) is -1.31. The Labute approximate surface area is 188 Å². The van der Waals surface area contributed by atoms with Crippen LogP contribution in [0.5, 0.6) is 0 Å². The SMILES string of the molecule is COC(=O)c1ccccc1SN(Sc1ccccc1C(=O)OC)C(=O)c1ccccc1. The minimum absolute atomic E-state index is 0.296. The summed E-state index contributed by atoms with van der Waals surface area (Å²) in [6.07, 6.45) is 0. The van der Waals surface area contributed by atoms with E-state index in [0.717, 1.165) is 23.9 Å². The molecule has 158 valence electrons. The minimum atomic E-state index is -0.504. The van der Waals surface area contributed by atoms with Gasteiger partial charge in [-0.1, -0.05) is 42.5 Å². The Bertz CT molecular complexity index is 1030. The van der Waals surface area contributed by atoms with Gasteiger partial charge in [0.1, 0.15) is 0 Å². The maximum Gasteiger partial charge on any atom is 0.339 e. The van der Waals surface area contributed by atoms with Gasteiger partial charge < -0.3 is 9.47 Å². The van der Waals surface area contributed by atoms with Gasteiger partial charge in [-0.05, 0) is 36.4 Å². The quantitative estimate of drug-likeness (QED) is 0.363. The van der Waals surface area contributed by atoms with Crippen molar-refractivity contribution >= 4 is 41.7 Å². The molecule has 3 rings (SSSR count). The predicted octanol–water partition coefficient (Wildman–Crippen LogP) is 5.12. The molecule has 0 aliphatic rings. The van der Waals surface area contributed by atoms with Crippen molar-refractivity contribution in [1.29, 1.82) is 0 Å². The van der Waals surface area contributed by atoms with Crippen LogP contribution in [-0.4, -0.2) is 35.8 Å². The molecule has 0 unspecified atom stereocenters. The lowest BCUT2D eigenvalue weighted by atomic mass is 10.2. The molecule has 0 spiro atoms. The summed E-state index contributed by atoms with van der Waals surface area (Å²) < 4.78 is 11.2. The van der Waals surface area contributed by atoms with Gasteiger partial charge in [0, 0.05) is 39.3 Å². The van der Waals surface area contributed by atoms with E-state index in [1.807, 2.05) is 6.07 Å². The number of hydrogen-bond acceptors (Lipinski definition) is 7. The van der Waals surface area contributed by atoms with E-state index in [4.69, 9.17) is 9.47 Å². The molecule has 0 radical (unpaired) electrons. The van der Waals surface area contributed by atoms with E-state index in [-0.39, 0.29) is 5.91 Å². The van der Waals surface area contributed by atoms with Crippen LogP contribution < -0.4 is 0 Å². The molecule has 8 heteroatoms. The lowest BCUT2D eigenvalue weighted by Gasteiger charge is -2.22. The van der Waals surface area contributed by atoms with Crippen LogP contribution in [0.1, 0.15) is 31.1 Å². The number of nitrogens with zero attached hydrogens (tertiary/aromatic N) is 1. The van der Waals surface area contributed by atoms with E-state index in [9.17, 15) is 14.4 Å². The fourth-order valence-electron chi connectivity index (χ4n) is 2.62. The Morgan fingerprint density at radius 2 is 1.06 bits per heavy atom. The highest BCUT2D eigenvalue weighted by molar-refractivity contribution is 8.13. The van der Waals surface area contributed by atoms with Crippen molar-refractivity contribution < 1.29 is 23.9 Å². The molecule has 0 saturated heterocycles. The number of amides is 1. The number of carbonyl (C=O) groups excluding carboxylic acids is 3. The standard InChI is InChI=1S/C23H19NO5S2/c1-28-22(26)17-12-6-8-14-19(17)30-24(21(25)16-10-4-3-5-11-16)31-20-15-9-7-13-18(20)23(27)29-2/h3-15H,1-2H3. The normalized spacial score (nSPS) is 10.3. The fraction of sp³-hybridized carbons (Fsp3) is 0.0870. The Morgan fingerprint density at radius 1 is 0.645 bits per heavy atom. The second kappa shape index (κ2) is 10.7. The van der Waals surface area contributed by atoms with Crippen LogP contribution in [0, 0.1) is 0 Å². The number of ether oxygens (including phenoxy) is 2. The van der Waals surface area contributed by atoms with Gasteiger partial charge in [0.15, 0.2) is 0 Å². The van der Waals surface area contributed by atoms with Crippen molar-refractivity contribution in [3.05, 3.63) is 95.6 Å². The van der Waals surface area contributed by atoms with Crippen LogP contribution in [0.4, 0.5) is 0 Å². The first-order chi connectivity index (χ1) is 15.0. The van der Waals surface area contributed by atoms with Crippen LogP contribution in [-0.2, 0) is 9.47 Å². The molecule has 0 atom stereocenters. The van der Waals surface area contributed by atoms with Gasteiger partial charge >= 0.3 is 11.9 Å². The highest BCUT2D eigenvalue weighted by atomic mass is 32.2. The van der Waals surface area contributed by atoms with Crippen LogP contribution >= 0.6 is 23.9 Å². The minimum Gasteiger partial charge on any atom is -0.465 e. The lowest BCUT2D eigenvalue weighted by Crippen LogP contribution is -2.19. The number of benzene rings is 3. The molecule has 1 amide bonds. The van der Waals surface area contributed by atoms with Gasteiger partial charge in [-0.25, -0.2) is 13.3 Å². The topological polar surface area (TPSA) is 72.9 Å². The molecular weight excluding hydrogens is 434 g/mol. The molecule has 0 bridgehead atoms. The van der Waals surface area contributed by atoms with E-state index in [1.165, 1.54) is 17.9 Å². The van der Waals surface area contributed by atoms with E-state index < -0.39 is 11.9 Å². The molecule has 3 aromatic carbocycles. The molecule has 0 N–H and O–H groups in total. The fourth-order valence-corrected chi connectivity index (χ4v) is 4.76. The van der Waals surface area contributed by atoms with Crippen molar-refractivity contribution in [3.63, 3.8) is 0 Å². The maximum absolute atomic E-state index is 13.3. The maximum atomic E-state index is 13.3. The van der Waals surface area contributed by atoms with Crippen LogP contribution in [0.2, 0.25) is 0 Å². The van der Waals surface area contributed by atoms with Crippen molar-refractivity contribution in [3.8, 4) is 0 Å². The van der Waals surface area contributed by atoms with Crippen molar-refractivity contribution in [2.45, 2.75) is 9.79 Å². The summed E-state index contributed by atoms with van der Waals surface area (Å²) in [5.41, 5.74) is 1.14. The largest absolute Gasteiger partial charge is 0.465 e. The zero-order valence-corrected chi connectivity index (χ0v) is 18.4. The second-order valence-corrected chi connectivity index (χ2v) is 8.29. The number of methoxy groups -OCH3 is 2. The molecule has 0 aliphatic heterocycles. The number of carbonyl (C=O) groups is 3. The first-order valence-corrected chi connectivity index (χ1v) is 10.7. The monoisotopic (exact) mass is 453 g/mol. The Hall–Kier alpha value is -3.23. The molecule has 6 nitrogen and oxygen atoms in total. The third-order valence-corrected chi connectivity index (χ3v) is 6.35. The van der Waals surface area contributed by atoms with Gasteiger partial charge in [0.2, 0.25) is 0 Å². The molecule has 3 aromatic rings. The number of hydrogen-bond donors (Lipinski definition) is 0. The molecule has 31 heavy (non-hydrogen) atoms. The van der Waals surface area contributed by atoms with Gasteiger partial charge in [0.25, 0.3) is 5.91 Å². The molecular formula is C23H19NO5S2. The summed E-state index contributed by atoms with van der Waals surface area (Å²) in [6, 6.07) is 22.5. The third-order valence-electron chi connectivity index (χ3n) is 4.13. The Morgan fingerprint density at radius 3 is 1.52 bits per heavy atom. The zero-order valence-electron chi connectivity index (χ0n) is 16.8. The average molecular weight is 454 g/mol. The number of esters is 2. The molecule has 0 fully saturated rings. The molecule has 0 aromatic heterocycles. The first kappa shape index (κ1) is 22.5. The average Bonchev–Trinajstić information content (AvgIpc) is 2.83. The van der Waals surface area contributed by atoms with Crippen molar-refractivity contribution in [1.82, 2.24) is 3.71 Å². The summed E-state index contributed by atoms with van der Waals surface area (Å²) in [7, 11) is 2.61. The van der Waals surface area contributed by atoms with Crippen LogP contribution in [0.3, 0.4) is 0 Å². The van der Waals surface area contributed by atoms with E-state index >= 15 is 0 Å². The summed E-state index contributed by atoms with van der Waals surface area (Å²) in [4.78, 5) is 38.8. The summed E-state index contributed by atoms with van der Waals surface area (Å²) in [5, 5.41) is 0. The zero-order chi connectivity index (χ0) is 22.2. The highest BCUT2D eigenvalue weighted by Gasteiger charge is 2.24. The van der Waals surface area contributed by atoms with Gasteiger partial charge in [-0.15, -0.1) is 0 Å². The van der Waals surface area contributed by atoms with Crippen LogP contribution in [0.25, 0.3) is 0 Å². The second-order valence-electron chi connectivity index (χ2n) is 6.09. The van der Waals surface area contributed by atoms with Crippen LogP contribution in [0.15, 0.2) is 88.7 Å². The predicted molar refractivity (Wildman–Crippen MR) is 120 cm³/mol. The van der Waals surface area contributed by atoms with E-state index in [2.05, 4.69) is 0 Å². The first-order valence-electron chi connectivity index (χ1n) is 9.15. The van der Waals surface area contributed by atoms with Crippen molar-refractivity contribution in [2.24, 2.45) is 0 Å². The molecule has 0 saturated carbocycles. The molecule has 0 heterocycles. The smallest absolute Gasteiger partial charge is 0.339 e. The Kier molecular flexibility index (Phi) is 7.75. The summed E-state index contributed by atoms with van der Waals surface area (Å²) in [6.45, 7) is 0. The van der Waals surface area contributed by atoms with E-state index in [1.54, 1.807) is 72.8 Å². The van der Waals surface area contributed by atoms with Crippen molar-refractivity contribution in [2.75, 3.05) is 14.2 Å². The summed E-state index contributed by atoms with van der Waals surface area (Å²) >= 11 is 2.16.